The molecule has 1 amide bonds. The standard InChI is InChI=1S/C16H23NO3S/c1-3-5-11-13(14(17)18)21-16(4-2,15(19)20)12-9-7-6-8-10-12/h6-10,13H,3-5,11H2,1-2H3,(H2,17,18)(H,19,20). The van der Waals surface area contributed by atoms with Crippen molar-refractivity contribution in [3.8, 4) is 0 Å². The molecular weight excluding hydrogens is 286 g/mol. The lowest BCUT2D eigenvalue weighted by Gasteiger charge is -2.31. The zero-order valence-corrected chi connectivity index (χ0v) is 13.4. The van der Waals surface area contributed by atoms with Gasteiger partial charge in [0.25, 0.3) is 0 Å². The Balaban J connectivity index is 3.13. The molecule has 21 heavy (non-hydrogen) atoms. The summed E-state index contributed by atoms with van der Waals surface area (Å²) < 4.78 is -1.13. The van der Waals surface area contributed by atoms with Gasteiger partial charge in [0.15, 0.2) is 0 Å². The maximum absolute atomic E-state index is 11.9. The second-order valence-electron chi connectivity index (χ2n) is 5.00. The Morgan fingerprint density at radius 3 is 2.33 bits per heavy atom. The van der Waals surface area contributed by atoms with Gasteiger partial charge >= 0.3 is 5.97 Å². The van der Waals surface area contributed by atoms with Gasteiger partial charge < -0.3 is 10.8 Å². The first-order valence-electron chi connectivity index (χ1n) is 7.24. The van der Waals surface area contributed by atoms with Gasteiger partial charge in [0.05, 0.1) is 5.25 Å². The van der Waals surface area contributed by atoms with Crippen LogP contribution < -0.4 is 5.73 Å². The molecule has 2 unspecified atom stereocenters. The van der Waals surface area contributed by atoms with Crippen molar-refractivity contribution < 1.29 is 14.7 Å². The highest BCUT2D eigenvalue weighted by Crippen LogP contribution is 2.43. The maximum Gasteiger partial charge on any atom is 0.324 e. The molecular formula is C16H23NO3S. The number of hydrogen-bond donors (Lipinski definition) is 2. The van der Waals surface area contributed by atoms with Gasteiger partial charge in [-0.2, -0.15) is 0 Å². The van der Waals surface area contributed by atoms with Crippen LogP contribution in [0.15, 0.2) is 30.3 Å². The van der Waals surface area contributed by atoms with Crippen LogP contribution in [0.5, 0.6) is 0 Å². The first-order chi connectivity index (χ1) is 9.97. The zero-order valence-electron chi connectivity index (χ0n) is 12.5. The Morgan fingerprint density at radius 2 is 1.90 bits per heavy atom. The lowest BCUT2D eigenvalue weighted by molar-refractivity contribution is -0.140. The number of unbranched alkanes of at least 4 members (excludes halogenated alkanes) is 1. The largest absolute Gasteiger partial charge is 0.480 e. The molecule has 0 aromatic heterocycles. The van der Waals surface area contributed by atoms with Crippen molar-refractivity contribution in [1.82, 2.24) is 0 Å². The van der Waals surface area contributed by atoms with Gasteiger partial charge in [0.1, 0.15) is 4.75 Å². The van der Waals surface area contributed by atoms with Crippen molar-refractivity contribution in [1.29, 1.82) is 0 Å². The molecule has 0 aliphatic rings. The van der Waals surface area contributed by atoms with Crippen LogP contribution in [0.1, 0.15) is 45.1 Å². The fraction of sp³-hybridized carbons (Fsp3) is 0.500. The summed E-state index contributed by atoms with van der Waals surface area (Å²) in [5.74, 6) is -1.37. The first kappa shape index (κ1) is 17.6. The van der Waals surface area contributed by atoms with Gasteiger partial charge in [-0.05, 0) is 18.4 Å². The Morgan fingerprint density at radius 1 is 1.29 bits per heavy atom. The number of carbonyl (C=O) groups excluding carboxylic acids is 1. The summed E-state index contributed by atoms with van der Waals surface area (Å²) in [6.07, 6.45) is 2.81. The number of rotatable bonds is 9. The number of primary amides is 1. The van der Waals surface area contributed by atoms with Gasteiger partial charge in [0.2, 0.25) is 5.91 Å². The second kappa shape index (κ2) is 8.08. The van der Waals surface area contributed by atoms with Crippen LogP contribution in [0.3, 0.4) is 0 Å². The molecule has 0 aliphatic heterocycles. The number of carboxylic acid groups (broad SMARTS) is 1. The number of benzene rings is 1. The van der Waals surface area contributed by atoms with Gasteiger partial charge in [-0.25, -0.2) is 0 Å². The smallest absolute Gasteiger partial charge is 0.324 e. The third-order valence-corrected chi connectivity index (χ3v) is 5.42. The number of carbonyl (C=O) groups is 2. The van der Waals surface area contributed by atoms with Crippen LogP contribution in [-0.4, -0.2) is 22.2 Å². The molecule has 0 heterocycles. The Bertz CT molecular complexity index is 478. The summed E-state index contributed by atoms with van der Waals surface area (Å²) >= 11 is 1.17. The van der Waals surface area contributed by atoms with Crippen LogP contribution in [0.2, 0.25) is 0 Å². The second-order valence-corrected chi connectivity index (χ2v) is 6.50. The molecule has 0 fully saturated rings. The highest BCUT2D eigenvalue weighted by molar-refractivity contribution is 8.02. The molecule has 2 atom stereocenters. The molecule has 0 saturated heterocycles. The number of hydrogen-bond acceptors (Lipinski definition) is 3. The lowest BCUT2D eigenvalue weighted by Crippen LogP contribution is -2.37. The normalized spacial score (nSPS) is 15.1. The molecule has 1 aromatic carbocycles. The van der Waals surface area contributed by atoms with E-state index < -0.39 is 21.9 Å². The van der Waals surface area contributed by atoms with Crippen molar-refractivity contribution in [3.63, 3.8) is 0 Å². The maximum atomic E-state index is 11.9. The fourth-order valence-corrected chi connectivity index (χ4v) is 3.71. The quantitative estimate of drug-likeness (QED) is 0.734. The SMILES string of the molecule is CCCCC(SC(CC)(C(=O)O)c1ccccc1)C(N)=O. The molecule has 4 nitrogen and oxygen atoms in total. The number of thioether (sulfide) groups is 1. The van der Waals surface area contributed by atoms with Gasteiger partial charge in [0, 0.05) is 0 Å². The lowest BCUT2D eigenvalue weighted by atomic mass is 9.95. The molecule has 0 saturated carbocycles. The number of aliphatic carboxylic acids is 1. The minimum Gasteiger partial charge on any atom is -0.480 e. The molecule has 1 rings (SSSR count). The van der Waals surface area contributed by atoms with E-state index in [0.717, 1.165) is 12.8 Å². The van der Waals surface area contributed by atoms with Crippen molar-refractivity contribution in [2.75, 3.05) is 0 Å². The van der Waals surface area contributed by atoms with Gasteiger partial charge in [-0.3, -0.25) is 9.59 Å². The Kier molecular flexibility index (Phi) is 6.75. The monoisotopic (exact) mass is 309 g/mol. The van der Waals surface area contributed by atoms with E-state index in [9.17, 15) is 14.7 Å². The van der Waals surface area contributed by atoms with Crippen molar-refractivity contribution >= 4 is 23.6 Å². The highest BCUT2D eigenvalue weighted by Gasteiger charge is 2.42. The molecule has 3 N–H and O–H groups in total. The summed E-state index contributed by atoms with van der Waals surface area (Å²) in [5.41, 5.74) is 6.17. The van der Waals surface area contributed by atoms with Crippen LogP contribution in [-0.2, 0) is 14.3 Å². The average molecular weight is 309 g/mol. The summed E-state index contributed by atoms with van der Waals surface area (Å²) in [4.78, 5) is 23.6. The number of carboxylic acids is 1. The summed E-state index contributed by atoms with van der Waals surface area (Å²) in [5, 5.41) is 9.28. The first-order valence-corrected chi connectivity index (χ1v) is 8.12. The van der Waals surface area contributed by atoms with Crippen LogP contribution in [0.4, 0.5) is 0 Å². The van der Waals surface area contributed by atoms with Crippen LogP contribution in [0.25, 0.3) is 0 Å². The van der Waals surface area contributed by atoms with Crippen molar-refractivity contribution in [3.05, 3.63) is 35.9 Å². The molecule has 0 radical (unpaired) electrons. The van der Waals surface area contributed by atoms with E-state index in [-0.39, 0.29) is 0 Å². The summed E-state index contributed by atoms with van der Waals surface area (Å²) in [6.45, 7) is 3.86. The molecule has 116 valence electrons. The summed E-state index contributed by atoms with van der Waals surface area (Å²) in [6, 6.07) is 9.06. The van der Waals surface area contributed by atoms with E-state index >= 15 is 0 Å². The van der Waals surface area contributed by atoms with Crippen LogP contribution >= 0.6 is 11.8 Å². The molecule has 0 spiro atoms. The van der Waals surface area contributed by atoms with E-state index in [4.69, 9.17) is 5.73 Å². The zero-order chi connectivity index (χ0) is 15.9. The Hall–Kier alpha value is -1.49. The topological polar surface area (TPSA) is 80.4 Å². The minimum atomic E-state index is -1.13. The molecule has 0 bridgehead atoms. The average Bonchev–Trinajstić information content (AvgIpc) is 2.48. The van der Waals surface area contributed by atoms with E-state index in [2.05, 4.69) is 0 Å². The molecule has 5 heteroatoms. The van der Waals surface area contributed by atoms with E-state index in [1.807, 2.05) is 32.0 Å². The van der Waals surface area contributed by atoms with Gasteiger partial charge in [-0.1, -0.05) is 57.0 Å². The predicted molar refractivity (Wildman–Crippen MR) is 86.1 cm³/mol. The molecule has 0 aliphatic carbocycles. The highest BCUT2D eigenvalue weighted by atomic mass is 32.2. The van der Waals surface area contributed by atoms with Crippen molar-refractivity contribution in [2.45, 2.75) is 49.5 Å². The number of amides is 1. The van der Waals surface area contributed by atoms with E-state index in [0.29, 0.717) is 18.4 Å². The third kappa shape index (κ3) is 4.24. The van der Waals surface area contributed by atoms with E-state index in [1.54, 1.807) is 12.1 Å². The minimum absolute atomic E-state index is 0.396. The van der Waals surface area contributed by atoms with Crippen LogP contribution in [0, 0.1) is 0 Å². The predicted octanol–water partition coefficient (Wildman–Crippen LogP) is 3.15. The van der Waals surface area contributed by atoms with Gasteiger partial charge in [-0.15, -0.1) is 11.8 Å². The Labute approximate surface area is 130 Å². The van der Waals surface area contributed by atoms with E-state index in [1.165, 1.54) is 11.8 Å². The summed E-state index contributed by atoms with van der Waals surface area (Å²) in [7, 11) is 0. The number of nitrogens with two attached hydrogens (primary N) is 1. The molecule has 1 aromatic rings. The third-order valence-electron chi connectivity index (χ3n) is 3.56. The van der Waals surface area contributed by atoms with Crippen molar-refractivity contribution in [2.24, 2.45) is 5.73 Å². The fourth-order valence-electron chi connectivity index (χ4n) is 2.28.